The second-order valence-corrected chi connectivity index (χ2v) is 6.90. The molecule has 2 aliphatic heterocycles. The SMILES string of the molecule is C=CCCC(CN1CCCC1)Oc1ccc(C(=O)N2CCOCC2)cn1. The average molecular weight is 359 g/mol. The molecule has 1 aromatic heterocycles. The number of ether oxygens (including phenoxy) is 2. The molecule has 2 aliphatic rings. The lowest BCUT2D eigenvalue weighted by Gasteiger charge is -2.27. The Balaban J connectivity index is 1.58. The Labute approximate surface area is 155 Å². The smallest absolute Gasteiger partial charge is 0.255 e. The minimum atomic E-state index is 0.00706. The topological polar surface area (TPSA) is 54.9 Å². The molecule has 1 atom stereocenters. The fourth-order valence-corrected chi connectivity index (χ4v) is 3.44. The molecule has 6 nitrogen and oxygen atoms in total. The number of morpholine rings is 1. The normalized spacial score (nSPS) is 19.3. The first-order valence-corrected chi connectivity index (χ1v) is 9.59. The highest BCUT2D eigenvalue weighted by atomic mass is 16.5. The van der Waals surface area contributed by atoms with E-state index in [-0.39, 0.29) is 12.0 Å². The van der Waals surface area contributed by atoms with Crippen molar-refractivity contribution in [3.8, 4) is 5.88 Å². The number of nitrogens with zero attached hydrogens (tertiary/aromatic N) is 3. The zero-order valence-corrected chi connectivity index (χ0v) is 15.4. The molecule has 1 unspecified atom stereocenters. The van der Waals surface area contributed by atoms with Crippen molar-refractivity contribution in [2.24, 2.45) is 0 Å². The molecule has 26 heavy (non-hydrogen) atoms. The molecule has 6 heteroatoms. The molecule has 2 saturated heterocycles. The van der Waals surface area contributed by atoms with E-state index >= 15 is 0 Å². The Morgan fingerprint density at radius 2 is 2.04 bits per heavy atom. The first-order valence-electron chi connectivity index (χ1n) is 9.59. The summed E-state index contributed by atoms with van der Waals surface area (Å²) in [5.41, 5.74) is 0.599. The third kappa shape index (κ3) is 5.29. The Hall–Kier alpha value is -1.92. The summed E-state index contributed by atoms with van der Waals surface area (Å²) in [6.45, 7) is 9.50. The summed E-state index contributed by atoms with van der Waals surface area (Å²) in [7, 11) is 0. The van der Waals surface area contributed by atoms with Gasteiger partial charge in [-0.1, -0.05) is 6.08 Å². The summed E-state index contributed by atoms with van der Waals surface area (Å²) >= 11 is 0. The molecule has 0 saturated carbocycles. The maximum absolute atomic E-state index is 12.5. The van der Waals surface area contributed by atoms with Gasteiger partial charge in [0.05, 0.1) is 18.8 Å². The molecule has 1 aromatic rings. The van der Waals surface area contributed by atoms with Gasteiger partial charge in [0.1, 0.15) is 6.10 Å². The van der Waals surface area contributed by atoms with E-state index in [4.69, 9.17) is 9.47 Å². The average Bonchev–Trinajstić information content (AvgIpc) is 3.20. The van der Waals surface area contributed by atoms with Gasteiger partial charge in [0.25, 0.3) is 5.91 Å². The molecular weight excluding hydrogens is 330 g/mol. The highest BCUT2D eigenvalue weighted by Crippen LogP contribution is 2.17. The second-order valence-electron chi connectivity index (χ2n) is 6.90. The van der Waals surface area contributed by atoms with Crippen molar-refractivity contribution < 1.29 is 14.3 Å². The molecule has 3 heterocycles. The lowest BCUT2D eigenvalue weighted by molar-refractivity contribution is 0.0302. The number of pyridine rings is 1. The van der Waals surface area contributed by atoms with Crippen LogP contribution in [0.3, 0.4) is 0 Å². The standard InChI is InChI=1S/C20H29N3O3/c1-2-3-6-18(16-22-9-4-5-10-22)26-19-8-7-17(15-21-19)20(24)23-11-13-25-14-12-23/h2,7-8,15,18H,1,3-6,9-14,16H2. The van der Waals surface area contributed by atoms with Gasteiger partial charge in [-0.3, -0.25) is 9.69 Å². The van der Waals surface area contributed by atoms with Crippen LogP contribution in [0.4, 0.5) is 0 Å². The van der Waals surface area contributed by atoms with E-state index in [0.717, 1.165) is 32.5 Å². The molecule has 0 spiro atoms. The summed E-state index contributed by atoms with van der Waals surface area (Å²) in [6.07, 6.45) is 8.03. The summed E-state index contributed by atoms with van der Waals surface area (Å²) in [6, 6.07) is 3.61. The van der Waals surface area contributed by atoms with Gasteiger partial charge >= 0.3 is 0 Å². The fraction of sp³-hybridized carbons (Fsp3) is 0.600. The first-order chi connectivity index (χ1) is 12.8. The van der Waals surface area contributed by atoms with Crippen LogP contribution in [0.1, 0.15) is 36.0 Å². The summed E-state index contributed by atoms with van der Waals surface area (Å²) < 4.78 is 11.4. The van der Waals surface area contributed by atoms with E-state index in [2.05, 4.69) is 16.5 Å². The van der Waals surface area contributed by atoms with Gasteiger partial charge < -0.3 is 14.4 Å². The first kappa shape index (κ1) is 18.9. The van der Waals surface area contributed by atoms with Gasteiger partial charge in [-0.15, -0.1) is 6.58 Å². The number of likely N-dealkylation sites (tertiary alicyclic amines) is 1. The van der Waals surface area contributed by atoms with Crippen molar-refractivity contribution in [1.29, 1.82) is 0 Å². The Morgan fingerprint density at radius 1 is 1.27 bits per heavy atom. The van der Waals surface area contributed by atoms with E-state index in [9.17, 15) is 4.79 Å². The molecule has 3 rings (SSSR count). The minimum Gasteiger partial charge on any atom is -0.473 e. The molecular formula is C20H29N3O3. The summed E-state index contributed by atoms with van der Waals surface area (Å²) in [4.78, 5) is 21.1. The van der Waals surface area contributed by atoms with Gasteiger partial charge in [0, 0.05) is 31.9 Å². The number of allylic oxidation sites excluding steroid dienone is 1. The van der Waals surface area contributed by atoms with Gasteiger partial charge in [-0.2, -0.15) is 0 Å². The van der Waals surface area contributed by atoms with Crippen LogP contribution in [0, 0.1) is 0 Å². The van der Waals surface area contributed by atoms with Crippen molar-refractivity contribution in [2.75, 3.05) is 45.9 Å². The third-order valence-corrected chi connectivity index (χ3v) is 4.92. The number of carbonyl (C=O) groups is 1. The van der Waals surface area contributed by atoms with Gasteiger partial charge in [0.2, 0.25) is 5.88 Å². The minimum absolute atomic E-state index is 0.00706. The van der Waals surface area contributed by atoms with Gasteiger partial charge in [-0.05, 0) is 44.8 Å². The van der Waals surface area contributed by atoms with Crippen LogP contribution in [-0.4, -0.2) is 72.7 Å². The predicted octanol–water partition coefficient (Wildman–Crippen LogP) is 2.36. The fourth-order valence-electron chi connectivity index (χ4n) is 3.44. The molecule has 0 aliphatic carbocycles. The predicted molar refractivity (Wildman–Crippen MR) is 100 cm³/mol. The molecule has 1 amide bonds. The van der Waals surface area contributed by atoms with Crippen molar-refractivity contribution in [2.45, 2.75) is 31.8 Å². The molecule has 142 valence electrons. The number of hydrogen-bond donors (Lipinski definition) is 0. The lowest BCUT2D eigenvalue weighted by Crippen LogP contribution is -2.40. The number of amides is 1. The van der Waals surface area contributed by atoms with Crippen LogP contribution in [-0.2, 0) is 4.74 Å². The van der Waals surface area contributed by atoms with E-state index < -0.39 is 0 Å². The van der Waals surface area contributed by atoms with Crippen molar-refractivity contribution in [3.05, 3.63) is 36.5 Å². The third-order valence-electron chi connectivity index (χ3n) is 4.92. The van der Waals surface area contributed by atoms with Crippen LogP contribution in [0.5, 0.6) is 5.88 Å². The van der Waals surface area contributed by atoms with Crippen LogP contribution in [0.2, 0.25) is 0 Å². The monoisotopic (exact) mass is 359 g/mol. The molecule has 0 N–H and O–H groups in total. The van der Waals surface area contributed by atoms with Crippen molar-refractivity contribution in [3.63, 3.8) is 0 Å². The number of carbonyl (C=O) groups excluding carboxylic acids is 1. The van der Waals surface area contributed by atoms with Crippen LogP contribution in [0.15, 0.2) is 31.0 Å². The quantitative estimate of drug-likeness (QED) is 0.667. The number of hydrogen-bond acceptors (Lipinski definition) is 5. The molecule has 0 radical (unpaired) electrons. The maximum Gasteiger partial charge on any atom is 0.255 e. The Morgan fingerprint density at radius 3 is 2.69 bits per heavy atom. The maximum atomic E-state index is 12.5. The number of rotatable bonds is 8. The van der Waals surface area contributed by atoms with E-state index in [1.165, 1.54) is 12.8 Å². The van der Waals surface area contributed by atoms with Crippen LogP contribution < -0.4 is 4.74 Å². The van der Waals surface area contributed by atoms with E-state index in [1.807, 2.05) is 6.08 Å². The van der Waals surface area contributed by atoms with Gasteiger partial charge in [0.15, 0.2) is 0 Å². The van der Waals surface area contributed by atoms with Crippen LogP contribution >= 0.6 is 0 Å². The highest BCUT2D eigenvalue weighted by Gasteiger charge is 2.21. The zero-order valence-electron chi connectivity index (χ0n) is 15.4. The van der Waals surface area contributed by atoms with Crippen LogP contribution in [0.25, 0.3) is 0 Å². The Bertz CT molecular complexity index is 578. The molecule has 0 bridgehead atoms. The lowest BCUT2D eigenvalue weighted by atomic mass is 10.2. The highest BCUT2D eigenvalue weighted by molar-refractivity contribution is 5.94. The Kier molecular flexibility index (Phi) is 7.03. The zero-order chi connectivity index (χ0) is 18.2. The molecule has 2 fully saturated rings. The van der Waals surface area contributed by atoms with Crippen molar-refractivity contribution >= 4 is 5.91 Å². The largest absolute Gasteiger partial charge is 0.473 e. The number of aromatic nitrogens is 1. The van der Waals surface area contributed by atoms with E-state index in [0.29, 0.717) is 37.7 Å². The second kappa shape index (κ2) is 9.69. The van der Waals surface area contributed by atoms with Gasteiger partial charge in [-0.25, -0.2) is 4.98 Å². The summed E-state index contributed by atoms with van der Waals surface area (Å²) in [5.74, 6) is 0.587. The van der Waals surface area contributed by atoms with E-state index in [1.54, 1.807) is 23.2 Å². The molecule has 0 aromatic carbocycles. The summed E-state index contributed by atoms with van der Waals surface area (Å²) in [5, 5.41) is 0. The van der Waals surface area contributed by atoms with Crippen molar-refractivity contribution in [1.82, 2.24) is 14.8 Å².